The van der Waals surface area contributed by atoms with E-state index in [0.717, 1.165) is 18.9 Å². The zero-order valence-electron chi connectivity index (χ0n) is 15.7. The average Bonchev–Trinajstić information content (AvgIpc) is 3.47. The molecule has 1 unspecified atom stereocenters. The van der Waals surface area contributed by atoms with Crippen molar-refractivity contribution in [3.63, 3.8) is 0 Å². The lowest BCUT2D eigenvalue weighted by molar-refractivity contribution is -0.138. The molecule has 0 spiro atoms. The molecule has 150 valence electrons. The van der Waals surface area contributed by atoms with E-state index in [4.69, 9.17) is 9.47 Å². The molecule has 28 heavy (non-hydrogen) atoms. The SMILES string of the molecule is COc1c(N2CCNC(C)C2)c(F)cc2c1N(C1CC1)C=C(C(=O)O)C(=O)O2. The highest BCUT2D eigenvalue weighted by atomic mass is 19.1. The van der Waals surface area contributed by atoms with Crippen LogP contribution in [0.25, 0.3) is 0 Å². The van der Waals surface area contributed by atoms with E-state index in [0.29, 0.717) is 31.0 Å². The van der Waals surface area contributed by atoms with Gasteiger partial charge in [-0.2, -0.15) is 0 Å². The normalized spacial score (nSPS) is 22.2. The number of ether oxygens (including phenoxy) is 2. The van der Waals surface area contributed by atoms with E-state index in [1.54, 1.807) is 4.90 Å². The van der Waals surface area contributed by atoms with Crippen LogP contribution in [-0.2, 0) is 9.59 Å². The van der Waals surface area contributed by atoms with Gasteiger partial charge < -0.3 is 29.7 Å². The summed E-state index contributed by atoms with van der Waals surface area (Å²) in [7, 11) is 1.43. The molecule has 2 aliphatic heterocycles. The summed E-state index contributed by atoms with van der Waals surface area (Å²) in [6, 6.07) is 1.33. The number of rotatable bonds is 4. The van der Waals surface area contributed by atoms with Crippen LogP contribution >= 0.6 is 0 Å². The quantitative estimate of drug-likeness (QED) is 0.453. The zero-order valence-corrected chi connectivity index (χ0v) is 15.7. The molecule has 2 fully saturated rings. The van der Waals surface area contributed by atoms with Crippen molar-refractivity contribution in [1.82, 2.24) is 5.32 Å². The monoisotopic (exact) mass is 391 g/mol. The van der Waals surface area contributed by atoms with Crippen LogP contribution in [0.5, 0.6) is 11.5 Å². The molecule has 9 heteroatoms. The molecule has 2 heterocycles. The number of nitrogens with zero attached hydrogens (tertiary/aromatic N) is 2. The van der Waals surface area contributed by atoms with Gasteiger partial charge in [0.15, 0.2) is 22.9 Å². The van der Waals surface area contributed by atoms with Crippen LogP contribution in [0.2, 0.25) is 0 Å². The van der Waals surface area contributed by atoms with Crippen LogP contribution in [0.3, 0.4) is 0 Å². The second kappa shape index (κ2) is 6.97. The number of fused-ring (bicyclic) bond motifs is 1. The number of hydrogen-bond acceptors (Lipinski definition) is 7. The standard InChI is InChI=1S/C19H22FN3O5/c1-10-8-22(6-5-21-10)15-13(20)7-14-16(17(15)27-2)23(11-3-4-11)9-12(18(24)25)19(26)28-14/h7,9-11,21H,3-6,8H2,1-2H3,(H,24,25). The molecule has 1 aliphatic carbocycles. The number of carbonyl (C=O) groups is 2. The van der Waals surface area contributed by atoms with Crippen molar-refractivity contribution in [3.05, 3.63) is 23.7 Å². The van der Waals surface area contributed by atoms with Crippen LogP contribution in [0.15, 0.2) is 17.8 Å². The van der Waals surface area contributed by atoms with Gasteiger partial charge in [-0.25, -0.2) is 14.0 Å². The van der Waals surface area contributed by atoms with Crippen LogP contribution in [0, 0.1) is 5.82 Å². The number of nitrogens with one attached hydrogen (secondary N) is 1. The summed E-state index contributed by atoms with van der Waals surface area (Å²) in [6.07, 6.45) is 2.94. The summed E-state index contributed by atoms with van der Waals surface area (Å²) in [6.45, 7) is 3.90. The molecular weight excluding hydrogens is 369 g/mol. The molecule has 4 rings (SSSR count). The van der Waals surface area contributed by atoms with E-state index in [1.165, 1.54) is 13.3 Å². The van der Waals surface area contributed by atoms with Gasteiger partial charge in [-0.05, 0) is 19.8 Å². The Labute approximate surface area is 161 Å². The average molecular weight is 391 g/mol. The van der Waals surface area contributed by atoms with Crippen molar-refractivity contribution >= 4 is 23.3 Å². The van der Waals surface area contributed by atoms with E-state index >= 15 is 4.39 Å². The minimum absolute atomic E-state index is 0.0109. The highest BCUT2D eigenvalue weighted by Crippen LogP contribution is 2.51. The van der Waals surface area contributed by atoms with Gasteiger partial charge in [0.05, 0.1) is 7.11 Å². The van der Waals surface area contributed by atoms with E-state index in [-0.39, 0.29) is 23.6 Å². The third-order valence-corrected chi connectivity index (χ3v) is 5.16. The van der Waals surface area contributed by atoms with Gasteiger partial charge in [-0.1, -0.05) is 0 Å². The van der Waals surface area contributed by atoms with E-state index < -0.39 is 23.3 Å². The summed E-state index contributed by atoms with van der Waals surface area (Å²) in [4.78, 5) is 27.4. The predicted molar refractivity (Wildman–Crippen MR) is 99.5 cm³/mol. The highest BCUT2D eigenvalue weighted by molar-refractivity contribution is 6.15. The molecule has 1 aromatic rings. The van der Waals surface area contributed by atoms with Crippen LogP contribution in [0.4, 0.5) is 15.8 Å². The van der Waals surface area contributed by atoms with Crippen LogP contribution in [-0.4, -0.2) is 55.9 Å². The molecule has 2 N–H and O–H groups in total. The number of esters is 1. The summed E-state index contributed by atoms with van der Waals surface area (Å²) < 4.78 is 26.0. The number of piperazine rings is 1. The first-order chi connectivity index (χ1) is 13.4. The first kappa shape index (κ1) is 18.5. The summed E-state index contributed by atoms with van der Waals surface area (Å²) in [5, 5.41) is 12.7. The van der Waals surface area contributed by atoms with Crippen molar-refractivity contribution in [3.8, 4) is 11.5 Å². The Morgan fingerprint density at radius 2 is 2.14 bits per heavy atom. The molecule has 0 aromatic heterocycles. The first-order valence-electron chi connectivity index (χ1n) is 9.25. The Kier molecular flexibility index (Phi) is 4.62. The fraction of sp³-hybridized carbons (Fsp3) is 0.474. The number of halogens is 1. The molecule has 0 amide bonds. The van der Waals surface area contributed by atoms with E-state index in [9.17, 15) is 14.7 Å². The Morgan fingerprint density at radius 1 is 1.39 bits per heavy atom. The topological polar surface area (TPSA) is 91.3 Å². The zero-order chi connectivity index (χ0) is 20.0. The molecule has 8 nitrogen and oxygen atoms in total. The predicted octanol–water partition coefficient (Wildman–Crippen LogP) is 1.49. The highest BCUT2D eigenvalue weighted by Gasteiger charge is 2.39. The fourth-order valence-corrected chi connectivity index (χ4v) is 3.72. The molecule has 1 saturated heterocycles. The molecule has 0 radical (unpaired) electrons. The number of aliphatic carboxylic acids is 1. The molecule has 1 aromatic carbocycles. The maximum Gasteiger partial charge on any atom is 0.352 e. The molecule has 1 saturated carbocycles. The number of methoxy groups -OCH3 is 1. The minimum atomic E-state index is -1.39. The molecular formula is C19H22FN3O5. The Bertz CT molecular complexity index is 868. The summed E-state index contributed by atoms with van der Waals surface area (Å²) >= 11 is 0. The largest absolute Gasteiger partial charge is 0.492 e. The van der Waals surface area contributed by atoms with Gasteiger partial charge in [0.25, 0.3) is 0 Å². The molecule has 3 aliphatic rings. The smallest absolute Gasteiger partial charge is 0.352 e. The van der Waals surface area contributed by atoms with Gasteiger partial charge in [-0.15, -0.1) is 0 Å². The van der Waals surface area contributed by atoms with E-state index in [2.05, 4.69) is 5.32 Å². The van der Waals surface area contributed by atoms with Crippen molar-refractivity contribution in [2.45, 2.75) is 31.8 Å². The van der Waals surface area contributed by atoms with Crippen molar-refractivity contribution < 1.29 is 28.6 Å². The Morgan fingerprint density at radius 3 is 2.75 bits per heavy atom. The summed E-state index contributed by atoms with van der Waals surface area (Å²) in [5.41, 5.74) is 0.184. The molecule has 0 bridgehead atoms. The van der Waals surface area contributed by atoms with Gasteiger partial charge in [0.2, 0.25) is 0 Å². The van der Waals surface area contributed by atoms with Crippen LogP contribution < -0.4 is 24.6 Å². The fourth-order valence-electron chi connectivity index (χ4n) is 3.72. The summed E-state index contributed by atoms with van der Waals surface area (Å²) in [5.74, 6) is -2.79. The number of benzene rings is 1. The number of carboxylic acid groups (broad SMARTS) is 1. The minimum Gasteiger partial charge on any atom is -0.492 e. The van der Waals surface area contributed by atoms with E-state index in [1.807, 2.05) is 11.8 Å². The first-order valence-corrected chi connectivity index (χ1v) is 9.25. The van der Waals surface area contributed by atoms with Gasteiger partial charge in [0, 0.05) is 44.0 Å². The lowest BCUT2D eigenvalue weighted by Crippen LogP contribution is -2.49. The Balaban J connectivity index is 1.89. The van der Waals surface area contributed by atoms with Gasteiger partial charge in [-0.3, -0.25) is 0 Å². The lowest BCUT2D eigenvalue weighted by atomic mass is 10.1. The van der Waals surface area contributed by atoms with Crippen LogP contribution in [0.1, 0.15) is 19.8 Å². The maximum atomic E-state index is 15.1. The number of anilines is 2. The number of hydrogen-bond donors (Lipinski definition) is 2. The second-order valence-corrected chi connectivity index (χ2v) is 7.26. The van der Waals surface area contributed by atoms with Crippen molar-refractivity contribution in [2.75, 3.05) is 36.5 Å². The third-order valence-electron chi connectivity index (χ3n) is 5.16. The lowest BCUT2D eigenvalue weighted by Gasteiger charge is -2.36. The number of carbonyl (C=O) groups excluding carboxylic acids is 1. The van der Waals surface area contributed by atoms with Crippen molar-refractivity contribution in [1.29, 1.82) is 0 Å². The molecule has 1 atom stereocenters. The maximum absolute atomic E-state index is 15.1. The van der Waals surface area contributed by atoms with Gasteiger partial charge >= 0.3 is 11.9 Å². The Hall–Kier alpha value is -2.81. The van der Waals surface area contributed by atoms with Gasteiger partial charge in [0.1, 0.15) is 11.4 Å². The van der Waals surface area contributed by atoms with Crippen molar-refractivity contribution in [2.24, 2.45) is 0 Å². The number of carboxylic acids is 1. The second-order valence-electron chi connectivity index (χ2n) is 7.26. The third kappa shape index (κ3) is 3.15.